The molecule has 0 aromatic heterocycles. The number of aliphatic hydroxyl groups excluding tert-OH is 2. The van der Waals surface area contributed by atoms with Crippen molar-refractivity contribution in [1.82, 2.24) is 0 Å². The molecule has 4 aliphatic carbocycles. The van der Waals surface area contributed by atoms with Crippen molar-refractivity contribution in [2.75, 3.05) is 0 Å². The van der Waals surface area contributed by atoms with Crippen LogP contribution in [0.5, 0.6) is 0 Å². The number of hydrogen-bond acceptors (Lipinski definition) is 4. The SMILES string of the molecule is CC(CCC[C@@H](C)[C@H]1CC[C@H]2[C@@H]3[C@H](O)CC4=CC(=O)CC[C@]4(C)[C@H]3C[C@H](O)[C@]12C)C(=O)O. The molecule has 3 N–H and O–H groups in total. The van der Waals surface area contributed by atoms with Crippen molar-refractivity contribution in [1.29, 1.82) is 0 Å². The summed E-state index contributed by atoms with van der Waals surface area (Å²) in [6, 6.07) is 0. The molecule has 10 atom stereocenters. The van der Waals surface area contributed by atoms with E-state index in [0.29, 0.717) is 43.4 Å². The molecule has 5 nitrogen and oxygen atoms in total. The summed E-state index contributed by atoms with van der Waals surface area (Å²) in [6.45, 7) is 8.58. The molecule has 0 saturated heterocycles. The highest BCUT2D eigenvalue weighted by atomic mass is 16.4. The lowest BCUT2D eigenvalue weighted by molar-refractivity contribution is -0.168. The zero-order valence-corrected chi connectivity index (χ0v) is 20.2. The van der Waals surface area contributed by atoms with E-state index in [1.165, 1.54) is 0 Å². The first-order chi connectivity index (χ1) is 15.0. The molecular weight excluding hydrogens is 404 g/mol. The van der Waals surface area contributed by atoms with Crippen molar-refractivity contribution in [2.24, 2.45) is 46.3 Å². The summed E-state index contributed by atoms with van der Waals surface area (Å²) in [4.78, 5) is 23.2. The Bertz CT molecular complexity index is 789. The molecule has 1 unspecified atom stereocenters. The molecule has 3 fully saturated rings. The van der Waals surface area contributed by atoms with Crippen LogP contribution in [0.1, 0.15) is 85.5 Å². The van der Waals surface area contributed by atoms with Crippen LogP contribution < -0.4 is 0 Å². The van der Waals surface area contributed by atoms with Crippen LogP contribution in [0.25, 0.3) is 0 Å². The van der Waals surface area contributed by atoms with Gasteiger partial charge in [-0.2, -0.15) is 0 Å². The maximum Gasteiger partial charge on any atom is 0.306 e. The van der Waals surface area contributed by atoms with Gasteiger partial charge in [0.05, 0.1) is 18.1 Å². The van der Waals surface area contributed by atoms with Crippen molar-refractivity contribution in [3.63, 3.8) is 0 Å². The van der Waals surface area contributed by atoms with E-state index in [2.05, 4.69) is 20.8 Å². The van der Waals surface area contributed by atoms with Crippen LogP contribution in [0.4, 0.5) is 0 Å². The van der Waals surface area contributed by atoms with E-state index in [9.17, 15) is 19.8 Å². The smallest absolute Gasteiger partial charge is 0.306 e. The molecule has 4 aliphatic rings. The minimum Gasteiger partial charge on any atom is -0.481 e. The van der Waals surface area contributed by atoms with Crippen LogP contribution in [0.3, 0.4) is 0 Å². The highest BCUT2D eigenvalue weighted by Crippen LogP contribution is 2.67. The summed E-state index contributed by atoms with van der Waals surface area (Å²) in [6.07, 6.45) is 8.37. The predicted octanol–water partition coefficient (Wildman–Crippen LogP) is 4.60. The second-order valence-corrected chi connectivity index (χ2v) is 12.1. The number of carboxylic acid groups (broad SMARTS) is 1. The van der Waals surface area contributed by atoms with Gasteiger partial charge >= 0.3 is 5.97 Å². The molecule has 0 aromatic carbocycles. The highest BCUT2D eigenvalue weighted by molar-refractivity contribution is 5.91. The maximum absolute atomic E-state index is 12.1. The Morgan fingerprint density at radius 2 is 1.88 bits per heavy atom. The number of fused-ring (bicyclic) bond motifs is 5. The predicted molar refractivity (Wildman–Crippen MR) is 123 cm³/mol. The van der Waals surface area contributed by atoms with E-state index in [1.807, 2.05) is 0 Å². The maximum atomic E-state index is 12.1. The Morgan fingerprint density at radius 3 is 2.56 bits per heavy atom. The lowest BCUT2D eigenvalue weighted by Gasteiger charge is -2.61. The lowest BCUT2D eigenvalue weighted by Crippen LogP contribution is -2.60. The Labute approximate surface area is 192 Å². The van der Waals surface area contributed by atoms with Gasteiger partial charge in [0.2, 0.25) is 0 Å². The Morgan fingerprint density at radius 1 is 1.16 bits per heavy atom. The zero-order valence-electron chi connectivity index (χ0n) is 20.2. The molecule has 0 spiro atoms. The molecule has 4 rings (SSSR count). The van der Waals surface area contributed by atoms with E-state index in [0.717, 1.165) is 37.7 Å². The number of carboxylic acids is 1. The fraction of sp³-hybridized carbons (Fsp3) is 0.852. The van der Waals surface area contributed by atoms with E-state index in [-0.39, 0.29) is 34.4 Å². The highest BCUT2D eigenvalue weighted by Gasteiger charge is 2.64. The monoisotopic (exact) mass is 446 g/mol. The topological polar surface area (TPSA) is 94.8 Å². The fourth-order valence-corrected chi connectivity index (χ4v) is 8.53. The molecule has 180 valence electrons. The lowest BCUT2D eigenvalue weighted by atomic mass is 9.45. The van der Waals surface area contributed by atoms with Crippen LogP contribution in [0.15, 0.2) is 11.6 Å². The number of aliphatic carboxylic acids is 1. The quantitative estimate of drug-likeness (QED) is 0.554. The van der Waals surface area contributed by atoms with Crippen molar-refractivity contribution in [3.05, 3.63) is 11.6 Å². The van der Waals surface area contributed by atoms with E-state index < -0.39 is 18.2 Å². The molecule has 0 radical (unpaired) electrons. The summed E-state index contributed by atoms with van der Waals surface area (Å²) in [5.41, 5.74) is 0.813. The summed E-state index contributed by atoms with van der Waals surface area (Å²) in [5, 5.41) is 32.0. The first-order valence-corrected chi connectivity index (χ1v) is 12.8. The summed E-state index contributed by atoms with van der Waals surface area (Å²) >= 11 is 0. The first-order valence-electron chi connectivity index (χ1n) is 12.8. The largest absolute Gasteiger partial charge is 0.481 e. The zero-order chi connectivity index (χ0) is 23.4. The number of aliphatic hydroxyl groups is 2. The standard InChI is InChI=1S/C27H42O5/c1-15(6-5-7-16(2)25(31)32)19-8-9-20-24-21(14-23(30)27(19,20)4)26(3)11-10-18(28)12-17(26)13-22(24)29/h12,15-16,19-24,29-30H,5-11,13-14H2,1-4H3,(H,31,32)/t15-,16?,19-,20+,21+,22-,23+,24+,26+,27-/m1/s1. The summed E-state index contributed by atoms with van der Waals surface area (Å²) < 4.78 is 0. The molecule has 0 aromatic rings. The van der Waals surface area contributed by atoms with Gasteiger partial charge in [-0.3, -0.25) is 9.59 Å². The molecule has 3 saturated carbocycles. The second kappa shape index (κ2) is 8.54. The molecular formula is C27H42O5. The molecule has 0 amide bonds. The normalized spacial score (nSPS) is 45.3. The third-order valence-electron chi connectivity index (χ3n) is 10.6. The Kier molecular flexibility index (Phi) is 6.39. The van der Waals surface area contributed by atoms with Gasteiger partial charge in [0, 0.05) is 6.42 Å². The number of rotatable bonds is 6. The van der Waals surface area contributed by atoms with Crippen molar-refractivity contribution in [2.45, 2.75) is 97.7 Å². The van der Waals surface area contributed by atoms with Gasteiger partial charge in [0.1, 0.15) is 0 Å². The van der Waals surface area contributed by atoms with Crippen LogP contribution in [0.2, 0.25) is 0 Å². The van der Waals surface area contributed by atoms with Crippen LogP contribution in [-0.2, 0) is 9.59 Å². The van der Waals surface area contributed by atoms with Gasteiger partial charge in [-0.1, -0.05) is 46.1 Å². The van der Waals surface area contributed by atoms with E-state index in [1.54, 1.807) is 13.0 Å². The van der Waals surface area contributed by atoms with Crippen molar-refractivity contribution in [3.8, 4) is 0 Å². The third kappa shape index (κ3) is 3.68. The minimum atomic E-state index is -0.725. The summed E-state index contributed by atoms with van der Waals surface area (Å²) in [7, 11) is 0. The molecule has 0 aliphatic heterocycles. The average Bonchev–Trinajstić information content (AvgIpc) is 3.08. The molecule has 32 heavy (non-hydrogen) atoms. The fourth-order valence-electron chi connectivity index (χ4n) is 8.53. The van der Waals surface area contributed by atoms with Gasteiger partial charge in [-0.25, -0.2) is 0 Å². The molecule has 0 heterocycles. The minimum absolute atomic E-state index is 0.0865. The van der Waals surface area contributed by atoms with Gasteiger partial charge in [-0.15, -0.1) is 0 Å². The van der Waals surface area contributed by atoms with E-state index in [4.69, 9.17) is 5.11 Å². The van der Waals surface area contributed by atoms with Crippen molar-refractivity contribution >= 4 is 11.8 Å². The first kappa shape index (κ1) is 23.9. The van der Waals surface area contributed by atoms with Crippen LogP contribution in [0, 0.1) is 46.3 Å². The average molecular weight is 447 g/mol. The third-order valence-corrected chi connectivity index (χ3v) is 10.6. The van der Waals surface area contributed by atoms with Gasteiger partial charge in [0.15, 0.2) is 5.78 Å². The summed E-state index contributed by atoms with van der Waals surface area (Å²) in [5.74, 6) is 0.676. The Balaban J connectivity index is 1.53. The van der Waals surface area contributed by atoms with Crippen LogP contribution in [-0.4, -0.2) is 39.3 Å². The number of ketones is 1. The van der Waals surface area contributed by atoms with Crippen LogP contribution >= 0.6 is 0 Å². The van der Waals surface area contributed by atoms with Gasteiger partial charge in [-0.05, 0) is 85.0 Å². The van der Waals surface area contributed by atoms with Gasteiger partial charge in [0.25, 0.3) is 0 Å². The van der Waals surface area contributed by atoms with Crippen molar-refractivity contribution < 1.29 is 24.9 Å². The molecule has 5 heteroatoms. The molecule has 0 bridgehead atoms. The Hall–Kier alpha value is -1.20. The second-order valence-electron chi connectivity index (χ2n) is 12.1. The number of carbonyl (C=O) groups excluding carboxylic acids is 1. The van der Waals surface area contributed by atoms with E-state index >= 15 is 0 Å². The number of hydrogen-bond donors (Lipinski definition) is 3. The number of carbonyl (C=O) groups is 2. The van der Waals surface area contributed by atoms with Gasteiger partial charge < -0.3 is 15.3 Å².